The van der Waals surface area contributed by atoms with Crippen LogP contribution in [-0.2, 0) is 36.8 Å². The number of imidazole rings is 1. The first-order chi connectivity index (χ1) is 21.1. The minimum absolute atomic E-state index is 0.0445. The van der Waals surface area contributed by atoms with E-state index in [-0.39, 0.29) is 40.3 Å². The van der Waals surface area contributed by atoms with E-state index in [1.807, 2.05) is 0 Å². The third kappa shape index (κ3) is 7.10. The van der Waals surface area contributed by atoms with Crippen molar-refractivity contribution in [2.24, 2.45) is 5.73 Å². The molecule has 2 saturated heterocycles. The van der Waals surface area contributed by atoms with Crippen LogP contribution in [0.2, 0.25) is 0 Å². The molecule has 0 spiro atoms. The van der Waals surface area contributed by atoms with Crippen LogP contribution in [0.4, 0.5) is 5.82 Å². The number of anilines is 1. The number of hydrogen-bond donors (Lipinski definition) is 10. The Hall–Kier alpha value is -2.50. The van der Waals surface area contributed by atoms with E-state index in [0.29, 0.717) is 0 Å². The molecule has 12 atom stereocenters. The molecule has 0 aliphatic carbocycles. The second-order valence-corrected chi connectivity index (χ2v) is 13.4. The highest BCUT2D eigenvalue weighted by Gasteiger charge is 2.52. The Morgan fingerprint density at radius 2 is 1.60 bits per heavy atom. The van der Waals surface area contributed by atoms with Gasteiger partial charge in [-0.2, -0.15) is 4.31 Å². The van der Waals surface area contributed by atoms with Crippen molar-refractivity contribution in [3.8, 4) is 0 Å². The number of phosphoric ester groups is 2. The number of primary amides is 1. The standard InChI is InChI=1S/C21H31N7O15P2/c22-17-12-19(25-6-24-17)28(7-26-12)21-16(33)14(31)10(42-21)5-40-45(37,38)43-44(35,36)39-4-9-13(30)15(32)20(41-9)27-3-8(18(23)34)1-2-11(27)29/h3,6-7,9-11,13-16,20-21,29-33H,1-2,4-5H2,(H2,23,34)(H,35,36)(H,37,38)(H2,22,24,25)/p+1/t9-,10-,11+,13-,14-,15-,16-,20-,21-/m1/s1. The number of nitrogens with two attached hydrogens (primary N) is 2. The predicted octanol–water partition coefficient (Wildman–Crippen LogP) is -4.91. The quantitative estimate of drug-likeness (QED) is 0.0991. The van der Waals surface area contributed by atoms with E-state index >= 15 is 0 Å². The van der Waals surface area contributed by atoms with E-state index in [1.54, 1.807) is 0 Å². The Bertz CT molecular complexity index is 1550. The first-order valence-corrected chi connectivity index (χ1v) is 16.2. The molecule has 24 heteroatoms. The molecule has 0 saturated carbocycles. The van der Waals surface area contributed by atoms with E-state index in [1.165, 1.54) is 17.1 Å². The maximum atomic E-state index is 12.4. The van der Waals surface area contributed by atoms with Crippen molar-refractivity contribution >= 4 is 38.5 Å². The highest BCUT2D eigenvalue weighted by atomic mass is 31.3. The smallest absolute Gasteiger partial charge is 0.387 e. The fourth-order valence-electron chi connectivity index (χ4n) is 5.12. The Labute approximate surface area is 252 Å². The molecule has 2 fully saturated rings. The summed E-state index contributed by atoms with van der Waals surface area (Å²) in [4.78, 5) is 43.5. The molecule has 22 nitrogen and oxygen atoms in total. The van der Waals surface area contributed by atoms with Gasteiger partial charge in [-0.15, -0.1) is 0 Å². The molecular weight excluding hydrogens is 652 g/mol. The highest BCUT2D eigenvalue weighted by molar-refractivity contribution is 7.61. The molecule has 5 rings (SSSR count). The van der Waals surface area contributed by atoms with Gasteiger partial charge in [0, 0.05) is 6.42 Å². The zero-order valence-corrected chi connectivity index (χ0v) is 24.8. The Morgan fingerprint density at radius 3 is 2.24 bits per heavy atom. The Balaban J connectivity index is 1.15. The summed E-state index contributed by atoms with van der Waals surface area (Å²) in [7, 11) is -10.8. The van der Waals surface area contributed by atoms with Gasteiger partial charge < -0.3 is 56.3 Å². The van der Waals surface area contributed by atoms with Gasteiger partial charge in [0.05, 0.1) is 25.1 Å². The van der Waals surface area contributed by atoms with E-state index in [4.69, 9.17) is 25.5 Å². The second kappa shape index (κ2) is 13.0. The Morgan fingerprint density at radius 1 is 0.978 bits per heavy atom. The number of carbonyl (C=O) groups excluding carboxylic acids is 1. The average molecular weight is 684 g/mol. The fourth-order valence-corrected chi connectivity index (χ4v) is 7.21. The van der Waals surface area contributed by atoms with Crippen molar-refractivity contribution < 1.29 is 77.0 Å². The molecule has 0 radical (unpaired) electrons. The molecule has 250 valence electrons. The van der Waals surface area contributed by atoms with Gasteiger partial charge in [-0.1, -0.05) is 0 Å². The van der Waals surface area contributed by atoms with Crippen molar-refractivity contribution in [3.63, 3.8) is 0 Å². The number of fused-ring (bicyclic) bond motifs is 1. The summed E-state index contributed by atoms with van der Waals surface area (Å²) in [5.74, 6) is -0.706. The van der Waals surface area contributed by atoms with E-state index in [9.17, 15) is 49.2 Å². The zero-order chi connectivity index (χ0) is 32.8. The van der Waals surface area contributed by atoms with Gasteiger partial charge in [-0.3, -0.25) is 23.3 Å². The van der Waals surface area contributed by atoms with Crippen molar-refractivity contribution in [2.45, 2.75) is 68.1 Å². The number of aliphatic hydroxyl groups is 5. The van der Waals surface area contributed by atoms with Crippen LogP contribution in [0.3, 0.4) is 0 Å². The fraction of sp³-hybridized carbons (Fsp3) is 0.619. The molecule has 5 heterocycles. The maximum absolute atomic E-state index is 12.4. The first-order valence-electron chi connectivity index (χ1n) is 13.3. The summed E-state index contributed by atoms with van der Waals surface area (Å²) in [6.45, 7) is -1.85. The first kappa shape index (κ1) is 33.9. The van der Waals surface area contributed by atoms with Crippen LogP contribution in [0.25, 0.3) is 11.2 Å². The van der Waals surface area contributed by atoms with Crippen LogP contribution < -0.4 is 16.4 Å². The van der Waals surface area contributed by atoms with Gasteiger partial charge in [0.15, 0.2) is 30.0 Å². The second-order valence-electron chi connectivity index (χ2n) is 10.4. The van der Waals surface area contributed by atoms with Gasteiger partial charge >= 0.3 is 15.6 Å². The number of nitrogens with zero attached hydrogens (tertiary/aromatic N) is 4. The summed E-state index contributed by atoms with van der Waals surface area (Å²) in [6.07, 6.45) is -9.47. The number of aromatic nitrogens is 4. The summed E-state index contributed by atoms with van der Waals surface area (Å²) in [5, 5.41) is 52.1. The summed E-state index contributed by atoms with van der Waals surface area (Å²) >= 11 is 0. The number of aliphatic hydroxyl groups excluding tert-OH is 5. The summed E-state index contributed by atoms with van der Waals surface area (Å²) < 4.78 is 50.8. The molecule has 2 aromatic heterocycles. The molecule has 0 aromatic carbocycles. The predicted molar refractivity (Wildman–Crippen MR) is 142 cm³/mol. The van der Waals surface area contributed by atoms with Gasteiger partial charge in [-0.05, 0) is 6.42 Å². The largest absolute Gasteiger partial charge is 0.481 e. The number of nitrogens with one attached hydrogen (secondary N) is 1. The Kier molecular flexibility index (Phi) is 9.74. The van der Waals surface area contributed by atoms with Crippen LogP contribution in [0, 0.1) is 0 Å². The topological polar surface area (TPSA) is 339 Å². The van der Waals surface area contributed by atoms with Gasteiger partial charge in [0.25, 0.3) is 0 Å². The number of phosphoric acid groups is 2. The van der Waals surface area contributed by atoms with Gasteiger partial charge in [0.1, 0.15) is 48.6 Å². The van der Waals surface area contributed by atoms with Crippen molar-refractivity contribution in [2.75, 3.05) is 18.9 Å². The van der Waals surface area contributed by atoms with Crippen LogP contribution in [0.1, 0.15) is 19.1 Å². The molecular formula is C21H32N7O15P2+. The lowest BCUT2D eigenvalue weighted by Crippen LogP contribution is -3.17. The monoisotopic (exact) mass is 684 g/mol. The third-order valence-corrected chi connectivity index (χ3v) is 10.0. The molecule has 1 amide bonds. The minimum Gasteiger partial charge on any atom is -0.387 e. The lowest BCUT2D eigenvalue weighted by atomic mass is 10.0. The third-order valence-electron chi connectivity index (χ3n) is 7.43. The number of rotatable bonds is 11. The highest BCUT2D eigenvalue weighted by Crippen LogP contribution is 2.60. The zero-order valence-electron chi connectivity index (χ0n) is 23.0. The number of quaternary nitrogens is 1. The normalized spacial score (nSPS) is 36.5. The lowest BCUT2D eigenvalue weighted by molar-refractivity contribution is -0.950. The number of ether oxygens (including phenoxy) is 2. The number of nitrogen functional groups attached to an aromatic ring is 1. The molecule has 3 aliphatic rings. The van der Waals surface area contributed by atoms with Crippen molar-refractivity contribution in [1.29, 1.82) is 0 Å². The number of carbonyl (C=O) groups is 1. The van der Waals surface area contributed by atoms with Crippen LogP contribution in [-0.4, -0.2) is 123 Å². The molecule has 0 bridgehead atoms. The molecule has 45 heavy (non-hydrogen) atoms. The SMILES string of the molecule is NC(=O)C1=C[NH+]([C@@H]2O[C@H](COP(=O)(O)OP(=O)(O)OC[C@H]3O[C@@H](n4cnc5c(N)ncnc54)[C@H](O)[C@@H]3O)[C@@H](O)[C@H]2O)[C@@H](O)CC1. The van der Waals surface area contributed by atoms with Crippen LogP contribution in [0.5, 0.6) is 0 Å². The van der Waals surface area contributed by atoms with Crippen molar-refractivity contribution in [3.05, 3.63) is 24.4 Å². The maximum Gasteiger partial charge on any atom is 0.481 e. The van der Waals surface area contributed by atoms with Gasteiger partial charge in [-0.25, -0.2) is 24.1 Å². The van der Waals surface area contributed by atoms with E-state index in [0.717, 1.165) is 6.33 Å². The van der Waals surface area contributed by atoms with Crippen molar-refractivity contribution in [1.82, 2.24) is 19.5 Å². The molecule has 3 aliphatic heterocycles. The summed E-state index contributed by atoms with van der Waals surface area (Å²) in [6, 6.07) is 0. The van der Waals surface area contributed by atoms with E-state index in [2.05, 4.69) is 23.8 Å². The average Bonchev–Trinajstić information content (AvgIpc) is 3.61. The van der Waals surface area contributed by atoms with Crippen LogP contribution >= 0.6 is 15.6 Å². The lowest BCUT2D eigenvalue weighted by Gasteiger charge is -2.31. The van der Waals surface area contributed by atoms with Gasteiger partial charge in [0.2, 0.25) is 12.1 Å². The summed E-state index contributed by atoms with van der Waals surface area (Å²) in [5.41, 5.74) is 11.5. The number of hydrogen-bond acceptors (Lipinski definition) is 17. The molecule has 12 N–H and O–H groups in total. The molecule has 2 aromatic rings. The number of amides is 1. The van der Waals surface area contributed by atoms with Crippen LogP contribution in [0.15, 0.2) is 24.4 Å². The van der Waals surface area contributed by atoms with E-state index < -0.39 is 90.1 Å². The molecule has 3 unspecified atom stereocenters. The minimum atomic E-state index is -5.40.